The fraction of sp³-hybridized carbons (Fsp3) is 0.400. The van der Waals surface area contributed by atoms with Gasteiger partial charge in [0.15, 0.2) is 0 Å². The first-order valence-corrected chi connectivity index (χ1v) is 4.75. The number of nitrogens with two attached hydrogens (primary N) is 1. The molecule has 0 unspecified atom stereocenters. The summed E-state index contributed by atoms with van der Waals surface area (Å²) >= 11 is 0. The van der Waals surface area contributed by atoms with E-state index in [1.54, 1.807) is 12.1 Å². The molecule has 0 aliphatic carbocycles. The molecule has 15 heavy (non-hydrogen) atoms. The summed E-state index contributed by atoms with van der Waals surface area (Å²) in [7, 11) is 1.97. The summed E-state index contributed by atoms with van der Waals surface area (Å²) in [5.41, 5.74) is 6.59. The minimum atomic E-state index is -0.395. The Balaban J connectivity index is 2.60. The highest BCUT2D eigenvalue weighted by Gasteiger charge is 2.04. The van der Waals surface area contributed by atoms with Crippen LogP contribution in [0.3, 0.4) is 0 Å². The zero-order valence-electron chi connectivity index (χ0n) is 8.72. The van der Waals surface area contributed by atoms with Crippen LogP contribution in [0.25, 0.3) is 0 Å². The Labute approximate surface area is 88.6 Å². The van der Waals surface area contributed by atoms with Gasteiger partial charge >= 0.3 is 0 Å². The van der Waals surface area contributed by atoms with Gasteiger partial charge < -0.3 is 10.6 Å². The van der Waals surface area contributed by atoms with Crippen LogP contribution in [0, 0.1) is 10.1 Å². The third-order valence-electron chi connectivity index (χ3n) is 2.11. The number of benzene rings is 1. The van der Waals surface area contributed by atoms with Gasteiger partial charge in [-0.2, -0.15) is 0 Å². The number of nitro benzene ring substituents is 1. The van der Waals surface area contributed by atoms with Gasteiger partial charge in [0, 0.05) is 31.8 Å². The molecule has 0 spiro atoms. The van der Waals surface area contributed by atoms with Gasteiger partial charge in [-0.1, -0.05) is 12.1 Å². The number of nitro groups is 1. The average Bonchev–Trinajstić information content (AvgIpc) is 2.18. The van der Waals surface area contributed by atoms with Gasteiger partial charge in [-0.15, -0.1) is 0 Å². The maximum Gasteiger partial charge on any atom is 0.269 e. The first-order chi connectivity index (χ1) is 7.13. The second-order valence-electron chi connectivity index (χ2n) is 3.45. The molecule has 0 aliphatic heterocycles. The summed E-state index contributed by atoms with van der Waals surface area (Å²) < 4.78 is 0. The fourth-order valence-electron chi connectivity index (χ4n) is 1.33. The lowest BCUT2D eigenvalue weighted by Crippen LogP contribution is -2.24. The molecule has 82 valence electrons. The van der Waals surface area contributed by atoms with Gasteiger partial charge in [0.2, 0.25) is 0 Å². The number of rotatable bonds is 5. The van der Waals surface area contributed by atoms with Gasteiger partial charge in [-0.05, 0) is 12.6 Å². The monoisotopic (exact) mass is 209 g/mol. The van der Waals surface area contributed by atoms with Crippen molar-refractivity contribution in [2.75, 3.05) is 20.1 Å². The van der Waals surface area contributed by atoms with E-state index in [0.29, 0.717) is 6.54 Å². The van der Waals surface area contributed by atoms with E-state index in [-0.39, 0.29) is 5.69 Å². The van der Waals surface area contributed by atoms with Crippen molar-refractivity contribution in [2.45, 2.75) is 6.54 Å². The Bertz CT molecular complexity index is 324. The van der Waals surface area contributed by atoms with Crippen LogP contribution in [-0.4, -0.2) is 30.0 Å². The third-order valence-corrected chi connectivity index (χ3v) is 2.11. The van der Waals surface area contributed by atoms with Crippen molar-refractivity contribution in [2.24, 2.45) is 5.73 Å². The molecule has 0 saturated carbocycles. The maximum absolute atomic E-state index is 10.4. The molecule has 0 saturated heterocycles. The Morgan fingerprint density at radius 2 is 2.00 bits per heavy atom. The standard InChI is InChI=1S/C10H15N3O2/c1-12(7-6-11)8-9-2-4-10(5-3-9)13(14)15/h2-5H,6-8,11H2,1H3. The maximum atomic E-state index is 10.4. The van der Waals surface area contributed by atoms with Crippen LogP contribution in [0.15, 0.2) is 24.3 Å². The predicted octanol–water partition coefficient (Wildman–Crippen LogP) is 0.985. The summed E-state index contributed by atoms with van der Waals surface area (Å²) in [6.45, 7) is 2.19. The number of hydrogen-bond donors (Lipinski definition) is 1. The Morgan fingerprint density at radius 3 is 2.47 bits per heavy atom. The van der Waals surface area contributed by atoms with Crippen molar-refractivity contribution in [1.29, 1.82) is 0 Å². The van der Waals surface area contributed by atoms with Crippen LogP contribution in [0.5, 0.6) is 0 Å². The van der Waals surface area contributed by atoms with E-state index >= 15 is 0 Å². The van der Waals surface area contributed by atoms with Crippen molar-refractivity contribution in [3.8, 4) is 0 Å². The quantitative estimate of drug-likeness (QED) is 0.579. The number of hydrogen-bond acceptors (Lipinski definition) is 4. The van der Waals surface area contributed by atoms with E-state index in [1.165, 1.54) is 12.1 Å². The van der Waals surface area contributed by atoms with Gasteiger partial charge in [-0.25, -0.2) is 0 Å². The van der Waals surface area contributed by atoms with Crippen LogP contribution < -0.4 is 5.73 Å². The van der Waals surface area contributed by atoms with Crippen molar-refractivity contribution < 1.29 is 4.92 Å². The summed E-state index contributed by atoms with van der Waals surface area (Å²) in [5.74, 6) is 0. The lowest BCUT2D eigenvalue weighted by atomic mass is 10.2. The van der Waals surface area contributed by atoms with Crippen LogP contribution in [0.1, 0.15) is 5.56 Å². The molecule has 0 heterocycles. The molecular weight excluding hydrogens is 194 g/mol. The third kappa shape index (κ3) is 3.65. The molecule has 0 fully saturated rings. The van der Waals surface area contributed by atoms with Gasteiger partial charge in [-0.3, -0.25) is 10.1 Å². The molecule has 0 aromatic heterocycles. The van der Waals surface area contributed by atoms with Gasteiger partial charge in [0.1, 0.15) is 0 Å². The van der Waals surface area contributed by atoms with Crippen molar-refractivity contribution in [1.82, 2.24) is 4.90 Å². The summed E-state index contributed by atoms with van der Waals surface area (Å²) in [6, 6.07) is 6.58. The highest BCUT2D eigenvalue weighted by Crippen LogP contribution is 2.12. The molecule has 0 radical (unpaired) electrons. The summed E-state index contributed by atoms with van der Waals surface area (Å²) in [5, 5.41) is 10.4. The second-order valence-corrected chi connectivity index (χ2v) is 3.45. The molecule has 0 bridgehead atoms. The lowest BCUT2D eigenvalue weighted by Gasteiger charge is -2.14. The van der Waals surface area contributed by atoms with Crippen LogP contribution in [-0.2, 0) is 6.54 Å². The molecule has 1 aromatic rings. The Kier molecular flexibility index (Phi) is 4.20. The number of non-ortho nitro benzene ring substituents is 1. The molecule has 5 nitrogen and oxygen atoms in total. The number of likely N-dealkylation sites (N-methyl/N-ethyl adjacent to an activating group) is 1. The average molecular weight is 209 g/mol. The molecule has 0 aliphatic rings. The largest absolute Gasteiger partial charge is 0.329 e. The van der Waals surface area contributed by atoms with Gasteiger partial charge in [0.05, 0.1) is 4.92 Å². The second kappa shape index (κ2) is 5.43. The molecule has 0 amide bonds. The van der Waals surface area contributed by atoms with Crippen LogP contribution in [0.4, 0.5) is 5.69 Å². The van der Waals surface area contributed by atoms with E-state index in [9.17, 15) is 10.1 Å². The van der Waals surface area contributed by atoms with Crippen molar-refractivity contribution in [3.63, 3.8) is 0 Å². The highest BCUT2D eigenvalue weighted by atomic mass is 16.6. The van der Waals surface area contributed by atoms with Crippen molar-refractivity contribution >= 4 is 5.69 Å². The molecule has 1 aromatic carbocycles. The predicted molar refractivity (Wildman–Crippen MR) is 58.5 cm³/mol. The first kappa shape index (κ1) is 11.6. The topological polar surface area (TPSA) is 72.4 Å². The Hall–Kier alpha value is -1.46. The zero-order chi connectivity index (χ0) is 11.3. The minimum Gasteiger partial charge on any atom is -0.329 e. The molecule has 5 heteroatoms. The van der Waals surface area contributed by atoms with Crippen LogP contribution >= 0.6 is 0 Å². The highest BCUT2D eigenvalue weighted by molar-refractivity contribution is 5.32. The molecule has 1 rings (SSSR count). The van der Waals surface area contributed by atoms with E-state index in [2.05, 4.69) is 4.90 Å². The number of nitrogens with zero attached hydrogens (tertiary/aromatic N) is 2. The van der Waals surface area contributed by atoms with Gasteiger partial charge in [0.25, 0.3) is 5.69 Å². The van der Waals surface area contributed by atoms with E-state index in [0.717, 1.165) is 18.7 Å². The lowest BCUT2D eigenvalue weighted by molar-refractivity contribution is -0.384. The van der Waals surface area contributed by atoms with Crippen molar-refractivity contribution in [3.05, 3.63) is 39.9 Å². The Morgan fingerprint density at radius 1 is 1.40 bits per heavy atom. The first-order valence-electron chi connectivity index (χ1n) is 4.75. The smallest absolute Gasteiger partial charge is 0.269 e. The minimum absolute atomic E-state index is 0.125. The molecule has 0 atom stereocenters. The molecular formula is C10H15N3O2. The van der Waals surface area contributed by atoms with E-state index in [1.807, 2.05) is 7.05 Å². The SMILES string of the molecule is CN(CCN)Cc1ccc([N+](=O)[O-])cc1. The zero-order valence-corrected chi connectivity index (χ0v) is 8.72. The normalized spacial score (nSPS) is 10.6. The van der Waals surface area contributed by atoms with E-state index in [4.69, 9.17) is 5.73 Å². The summed E-state index contributed by atoms with van der Waals surface area (Å²) in [6.07, 6.45) is 0. The van der Waals surface area contributed by atoms with Crippen LogP contribution in [0.2, 0.25) is 0 Å². The fourth-order valence-corrected chi connectivity index (χ4v) is 1.33. The molecule has 2 N–H and O–H groups in total. The summed E-state index contributed by atoms with van der Waals surface area (Å²) in [4.78, 5) is 12.1. The van der Waals surface area contributed by atoms with E-state index < -0.39 is 4.92 Å².